The van der Waals surface area contributed by atoms with E-state index in [1.54, 1.807) is 0 Å². The van der Waals surface area contributed by atoms with E-state index in [2.05, 4.69) is 21.7 Å². The number of aryl methyl sites for hydroxylation is 1. The Balaban J connectivity index is 2.87. The van der Waals surface area contributed by atoms with Crippen LogP contribution in [0.2, 0.25) is 0 Å². The summed E-state index contributed by atoms with van der Waals surface area (Å²) in [5.41, 5.74) is 2.61. The Hall–Kier alpha value is -2.74. The molecule has 0 unspecified atom stereocenters. The highest BCUT2D eigenvalue weighted by atomic mass is 16.6. The van der Waals surface area contributed by atoms with E-state index in [1.165, 1.54) is 14.2 Å². The second-order valence-corrected chi connectivity index (χ2v) is 4.32. The highest BCUT2D eigenvalue weighted by Gasteiger charge is 2.04. The topological polar surface area (TPSA) is 57.1 Å². The fourth-order valence-corrected chi connectivity index (χ4v) is 1.66. The number of rotatable bonds is 5. The summed E-state index contributed by atoms with van der Waals surface area (Å²) >= 11 is 0. The van der Waals surface area contributed by atoms with Gasteiger partial charge in [-0.05, 0) is 37.5 Å². The summed E-state index contributed by atoms with van der Waals surface area (Å²) < 4.78 is 10.1. The first-order valence-corrected chi connectivity index (χ1v) is 6.63. The predicted molar refractivity (Wildman–Crippen MR) is 85.6 cm³/mol. The van der Waals surface area contributed by atoms with Crippen LogP contribution >= 0.6 is 0 Å². The standard InChI is InChI=1S/C17H19NO4/c1-13-7-5-8-15(11-10-14(2)18-21-4)17(13)22-12-6-9-16(19)20-3/h5,7-8,10-11H,12H2,1-4H3/b11-10+,18-14+. The highest BCUT2D eigenvalue weighted by Crippen LogP contribution is 2.24. The van der Waals surface area contributed by atoms with Gasteiger partial charge in [-0.1, -0.05) is 23.4 Å². The Labute approximate surface area is 130 Å². The summed E-state index contributed by atoms with van der Waals surface area (Å²) in [5, 5.41) is 3.81. The number of esters is 1. The summed E-state index contributed by atoms with van der Waals surface area (Å²) in [6.07, 6.45) is 3.71. The van der Waals surface area contributed by atoms with Crippen LogP contribution < -0.4 is 4.74 Å². The highest BCUT2D eigenvalue weighted by molar-refractivity contribution is 5.96. The summed E-state index contributed by atoms with van der Waals surface area (Å²) in [7, 11) is 2.78. The Bertz CT molecular complexity index is 636. The Kier molecular flexibility index (Phi) is 7.27. The van der Waals surface area contributed by atoms with Crippen molar-refractivity contribution in [2.45, 2.75) is 13.8 Å². The monoisotopic (exact) mass is 301 g/mol. The van der Waals surface area contributed by atoms with Crippen LogP contribution in [0.3, 0.4) is 0 Å². The van der Waals surface area contributed by atoms with Gasteiger partial charge in [0.2, 0.25) is 0 Å². The molecule has 5 nitrogen and oxygen atoms in total. The number of carbonyl (C=O) groups excluding carboxylic acids is 1. The molecule has 0 radical (unpaired) electrons. The summed E-state index contributed by atoms with van der Waals surface area (Å²) in [6.45, 7) is 3.88. The van der Waals surface area contributed by atoms with E-state index >= 15 is 0 Å². The van der Waals surface area contributed by atoms with E-state index < -0.39 is 5.97 Å². The van der Waals surface area contributed by atoms with Gasteiger partial charge in [-0.25, -0.2) is 4.79 Å². The zero-order valence-corrected chi connectivity index (χ0v) is 13.2. The number of ether oxygens (including phenoxy) is 2. The van der Waals surface area contributed by atoms with Crippen molar-refractivity contribution < 1.29 is 19.1 Å². The molecule has 22 heavy (non-hydrogen) atoms. The zero-order valence-electron chi connectivity index (χ0n) is 13.2. The predicted octanol–water partition coefficient (Wildman–Crippen LogP) is 2.59. The minimum absolute atomic E-state index is 0.103. The second-order valence-electron chi connectivity index (χ2n) is 4.32. The van der Waals surface area contributed by atoms with Gasteiger partial charge in [0.1, 0.15) is 19.5 Å². The molecule has 0 aliphatic carbocycles. The summed E-state index contributed by atoms with van der Waals surface area (Å²) in [5.74, 6) is 5.06. The van der Waals surface area contributed by atoms with Crippen molar-refractivity contribution in [2.24, 2.45) is 5.16 Å². The van der Waals surface area contributed by atoms with Gasteiger partial charge < -0.3 is 14.3 Å². The lowest BCUT2D eigenvalue weighted by Crippen LogP contribution is -2.00. The number of hydrogen-bond acceptors (Lipinski definition) is 5. The van der Waals surface area contributed by atoms with Crippen LogP contribution in [-0.2, 0) is 14.4 Å². The molecule has 0 saturated carbocycles. The van der Waals surface area contributed by atoms with E-state index in [9.17, 15) is 4.79 Å². The first kappa shape index (κ1) is 17.3. The van der Waals surface area contributed by atoms with Gasteiger partial charge in [-0.2, -0.15) is 0 Å². The molecular weight excluding hydrogens is 282 g/mol. The van der Waals surface area contributed by atoms with Gasteiger partial charge in [-0.3, -0.25) is 0 Å². The number of carbonyl (C=O) groups is 1. The molecule has 0 aliphatic heterocycles. The number of nitrogens with zero attached hydrogens (tertiary/aromatic N) is 1. The van der Waals surface area contributed by atoms with Crippen molar-refractivity contribution in [3.8, 4) is 17.6 Å². The van der Waals surface area contributed by atoms with E-state index in [1.807, 2.05) is 44.2 Å². The van der Waals surface area contributed by atoms with Crippen molar-refractivity contribution >= 4 is 17.8 Å². The van der Waals surface area contributed by atoms with Crippen LogP contribution in [0.1, 0.15) is 18.1 Å². The third kappa shape index (κ3) is 5.71. The van der Waals surface area contributed by atoms with Crippen LogP contribution in [0.15, 0.2) is 29.4 Å². The minimum atomic E-state index is -0.583. The largest absolute Gasteiger partial charge is 0.480 e. The third-order valence-corrected chi connectivity index (χ3v) is 2.65. The Morgan fingerprint density at radius 1 is 1.36 bits per heavy atom. The lowest BCUT2D eigenvalue weighted by atomic mass is 10.1. The number of hydrogen-bond donors (Lipinski definition) is 0. The second kappa shape index (κ2) is 9.24. The number of methoxy groups -OCH3 is 1. The Morgan fingerprint density at radius 2 is 2.14 bits per heavy atom. The van der Waals surface area contributed by atoms with Crippen molar-refractivity contribution in [2.75, 3.05) is 20.8 Å². The molecular formula is C17H19NO4. The maximum atomic E-state index is 10.9. The van der Waals surface area contributed by atoms with Gasteiger partial charge in [0.05, 0.1) is 12.8 Å². The molecule has 1 rings (SSSR count). The van der Waals surface area contributed by atoms with Gasteiger partial charge in [0, 0.05) is 11.5 Å². The van der Waals surface area contributed by atoms with E-state index in [4.69, 9.17) is 9.57 Å². The van der Waals surface area contributed by atoms with Crippen LogP contribution in [0.4, 0.5) is 0 Å². The SMILES string of the molecule is CO/N=C(C)/C=C/c1cccc(C)c1OCC#CC(=O)OC. The zero-order chi connectivity index (χ0) is 16.4. The Morgan fingerprint density at radius 3 is 2.82 bits per heavy atom. The maximum Gasteiger partial charge on any atom is 0.384 e. The minimum Gasteiger partial charge on any atom is -0.480 e. The number of benzene rings is 1. The van der Waals surface area contributed by atoms with Gasteiger partial charge >= 0.3 is 5.97 Å². The molecule has 1 aromatic rings. The van der Waals surface area contributed by atoms with Crippen molar-refractivity contribution in [3.05, 3.63) is 35.4 Å². The quantitative estimate of drug-likeness (QED) is 0.276. The van der Waals surface area contributed by atoms with Crippen LogP contribution in [-0.4, -0.2) is 32.5 Å². The van der Waals surface area contributed by atoms with E-state index in [0.29, 0.717) is 5.75 Å². The average molecular weight is 301 g/mol. The van der Waals surface area contributed by atoms with Crippen molar-refractivity contribution in [1.82, 2.24) is 0 Å². The maximum absolute atomic E-state index is 10.9. The molecule has 0 heterocycles. The molecule has 1 aromatic carbocycles. The van der Waals surface area contributed by atoms with Gasteiger partial charge in [0.15, 0.2) is 0 Å². The summed E-state index contributed by atoms with van der Waals surface area (Å²) in [6, 6.07) is 5.80. The fraction of sp³-hybridized carbons (Fsp3) is 0.294. The first-order valence-electron chi connectivity index (χ1n) is 6.63. The van der Waals surface area contributed by atoms with E-state index in [0.717, 1.165) is 16.8 Å². The molecule has 0 atom stereocenters. The van der Waals surface area contributed by atoms with Crippen molar-refractivity contribution in [3.63, 3.8) is 0 Å². The molecule has 5 heteroatoms. The smallest absolute Gasteiger partial charge is 0.384 e. The summed E-state index contributed by atoms with van der Waals surface area (Å²) in [4.78, 5) is 15.6. The number of allylic oxidation sites excluding steroid dienone is 1. The molecule has 0 amide bonds. The normalized spacial score (nSPS) is 10.8. The lowest BCUT2D eigenvalue weighted by molar-refractivity contribution is -0.133. The third-order valence-electron chi connectivity index (χ3n) is 2.65. The van der Waals surface area contributed by atoms with Crippen molar-refractivity contribution in [1.29, 1.82) is 0 Å². The molecule has 0 aromatic heterocycles. The molecule has 0 spiro atoms. The molecule has 116 valence electrons. The van der Waals surface area contributed by atoms with E-state index in [-0.39, 0.29) is 6.61 Å². The molecule has 0 N–H and O–H groups in total. The molecule has 0 fully saturated rings. The lowest BCUT2D eigenvalue weighted by Gasteiger charge is -2.09. The number of para-hydroxylation sites is 1. The first-order chi connectivity index (χ1) is 10.6. The molecule has 0 aliphatic rings. The number of oxime groups is 1. The average Bonchev–Trinajstić information content (AvgIpc) is 2.51. The van der Waals surface area contributed by atoms with Crippen LogP contribution in [0.5, 0.6) is 5.75 Å². The fourth-order valence-electron chi connectivity index (χ4n) is 1.66. The van der Waals surface area contributed by atoms with Gasteiger partial charge in [0.25, 0.3) is 0 Å². The van der Waals surface area contributed by atoms with Gasteiger partial charge in [-0.15, -0.1) is 0 Å². The molecule has 0 saturated heterocycles. The van der Waals surface area contributed by atoms with Crippen LogP contribution in [0, 0.1) is 18.8 Å². The molecule has 0 bridgehead atoms. The van der Waals surface area contributed by atoms with Crippen LogP contribution in [0.25, 0.3) is 6.08 Å².